The lowest BCUT2D eigenvalue weighted by Gasteiger charge is -2.25. The molecule has 5 rings (SSSR count). The number of anilines is 1. The number of rotatable bonds is 5. The molecule has 1 fully saturated rings. The Morgan fingerprint density at radius 2 is 1.71 bits per heavy atom. The van der Waals surface area contributed by atoms with Gasteiger partial charge in [-0.15, -0.1) is 0 Å². The summed E-state index contributed by atoms with van der Waals surface area (Å²) in [6, 6.07) is 19.4. The van der Waals surface area contributed by atoms with Gasteiger partial charge in [-0.2, -0.15) is 0 Å². The molecule has 1 saturated carbocycles. The minimum absolute atomic E-state index is 0. The summed E-state index contributed by atoms with van der Waals surface area (Å²) in [5.74, 6) is 1.25. The van der Waals surface area contributed by atoms with E-state index in [-0.39, 0.29) is 26.9 Å². The van der Waals surface area contributed by atoms with Crippen LogP contribution in [0.15, 0.2) is 60.7 Å². The average Bonchev–Trinajstić information content (AvgIpc) is 3.53. The number of fused-ring (bicyclic) bond motifs is 1. The van der Waals surface area contributed by atoms with Crippen LogP contribution in [0.5, 0.6) is 11.5 Å². The largest absolute Gasteiger partial charge is 0.454 e. The van der Waals surface area contributed by atoms with Crippen molar-refractivity contribution in [2.24, 2.45) is 0 Å². The van der Waals surface area contributed by atoms with E-state index in [0.29, 0.717) is 17.1 Å². The van der Waals surface area contributed by atoms with E-state index in [1.165, 1.54) is 0 Å². The van der Waals surface area contributed by atoms with E-state index in [1.54, 1.807) is 13.1 Å². The first-order chi connectivity index (χ1) is 16.7. The Bertz CT molecular complexity index is 1330. The second-order valence-electron chi connectivity index (χ2n) is 10.3. The third-order valence-corrected chi connectivity index (χ3v) is 6.86. The van der Waals surface area contributed by atoms with Crippen LogP contribution in [0.3, 0.4) is 0 Å². The first-order valence-electron chi connectivity index (χ1n) is 11.9. The third kappa shape index (κ3) is 4.25. The molecule has 6 nitrogen and oxygen atoms in total. The highest BCUT2D eigenvalue weighted by molar-refractivity contribution is 6.02. The smallest absolute Gasteiger partial charge is 0.251 e. The van der Waals surface area contributed by atoms with Gasteiger partial charge in [-0.3, -0.25) is 9.59 Å². The number of hydrogen-bond donors (Lipinski definition) is 2. The molecule has 0 unspecified atom stereocenters. The summed E-state index contributed by atoms with van der Waals surface area (Å²) in [6.07, 6.45) is 1.58. The molecule has 35 heavy (non-hydrogen) atoms. The maximum atomic E-state index is 13.5. The monoisotopic (exact) mass is 474 g/mol. The van der Waals surface area contributed by atoms with E-state index in [9.17, 15) is 9.59 Å². The molecule has 1 heterocycles. The van der Waals surface area contributed by atoms with Crippen molar-refractivity contribution < 1.29 is 21.9 Å². The van der Waals surface area contributed by atoms with E-state index in [0.717, 1.165) is 40.8 Å². The Morgan fingerprint density at radius 1 is 0.943 bits per heavy atom. The van der Waals surface area contributed by atoms with Crippen molar-refractivity contribution in [3.63, 3.8) is 0 Å². The Morgan fingerprint density at radius 3 is 2.43 bits per heavy atom. The molecule has 0 radical (unpaired) electrons. The lowest BCUT2D eigenvalue weighted by molar-refractivity contribution is -0.118. The number of carbonyl (C=O) groups excluding carboxylic acids is 2. The molecule has 2 amide bonds. The topological polar surface area (TPSA) is 76.7 Å². The first kappa shape index (κ1) is 23.0. The zero-order valence-electron chi connectivity index (χ0n) is 20.5. The molecule has 0 aromatic heterocycles. The minimum Gasteiger partial charge on any atom is -0.454 e. The maximum Gasteiger partial charge on any atom is 0.251 e. The van der Waals surface area contributed by atoms with Gasteiger partial charge in [-0.25, -0.2) is 0 Å². The Kier molecular flexibility index (Phi) is 5.55. The normalized spacial score (nSPS) is 15.4. The van der Waals surface area contributed by atoms with E-state index >= 15 is 0 Å². The molecule has 1 aliphatic carbocycles. The molecule has 6 heteroatoms. The van der Waals surface area contributed by atoms with Crippen molar-refractivity contribution in [1.82, 2.24) is 5.32 Å². The number of hydrogen-bond acceptors (Lipinski definition) is 4. The molecular weight excluding hydrogens is 440 g/mol. The number of nitrogens with one attached hydrogen (secondary N) is 2. The van der Waals surface area contributed by atoms with E-state index in [4.69, 9.17) is 9.47 Å². The van der Waals surface area contributed by atoms with Gasteiger partial charge in [0.2, 0.25) is 12.7 Å². The Balaban J connectivity index is 0.00000190. The molecule has 0 bridgehead atoms. The van der Waals surface area contributed by atoms with Crippen LogP contribution < -0.4 is 20.1 Å². The standard InChI is InChI=1S/C29H30N2O4.2H2/c1-28(2,3)23-10-9-21(16-22(23)18-6-5-7-19(14-18)26(32)30-4)31-27(33)29(12-13-29)20-8-11-24-25(15-20)35-17-34-24;;/h5-11,14-16H,12-13,17H2,1-4H3,(H,30,32)(H,31,33);2*1H. The number of carbonyl (C=O) groups is 2. The van der Waals surface area contributed by atoms with Gasteiger partial charge in [0.1, 0.15) is 0 Å². The third-order valence-electron chi connectivity index (χ3n) is 6.86. The molecule has 0 spiro atoms. The van der Waals surface area contributed by atoms with Crippen LogP contribution in [0, 0.1) is 0 Å². The molecule has 2 N–H and O–H groups in total. The fourth-order valence-electron chi connectivity index (χ4n) is 4.70. The van der Waals surface area contributed by atoms with Crippen molar-refractivity contribution in [3.8, 4) is 22.6 Å². The van der Waals surface area contributed by atoms with Crippen molar-refractivity contribution in [1.29, 1.82) is 0 Å². The summed E-state index contributed by atoms with van der Waals surface area (Å²) >= 11 is 0. The summed E-state index contributed by atoms with van der Waals surface area (Å²) in [7, 11) is 1.62. The highest BCUT2D eigenvalue weighted by Crippen LogP contribution is 2.51. The Labute approximate surface area is 208 Å². The van der Waals surface area contributed by atoms with Crippen LogP contribution in [0.2, 0.25) is 0 Å². The molecule has 3 aromatic carbocycles. The van der Waals surface area contributed by atoms with Crippen LogP contribution >= 0.6 is 0 Å². The van der Waals surface area contributed by atoms with Crippen LogP contribution in [0.4, 0.5) is 5.69 Å². The van der Waals surface area contributed by atoms with E-state index in [2.05, 4.69) is 37.5 Å². The lowest BCUT2D eigenvalue weighted by Crippen LogP contribution is -2.28. The summed E-state index contributed by atoms with van der Waals surface area (Å²) in [4.78, 5) is 25.7. The predicted octanol–water partition coefficient (Wildman–Crippen LogP) is 5.90. The number of benzene rings is 3. The van der Waals surface area contributed by atoms with Crippen molar-refractivity contribution in [2.75, 3.05) is 19.2 Å². The summed E-state index contributed by atoms with van der Waals surface area (Å²) < 4.78 is 10.9. The SMILES string of the molecule is CNC(=O)c1cccc(-c2cc(NC(=O)C3(c4ccc5c(c4)OCO5)CC3)ccc2C(C)(C)C)c1.[HH].[HH]. The van der Waals surface area contributed by atoms with Gasteiger partial charge >= 0.3 is 0 Å². The molecule has 1 aliphatic heterocycles. The van der Waals surface area contributed by atoms with Crippen LogP contribution in [-0.4, -0.2) is 25.7 Å². The molecule has 0 atom stereocenters. The van der Waals surface area contributed by atoms with Gasteiger partial charge in [-0.1, -0.05) is 45.0 Å². The summed E-state index contributed by atoms with van der Waals surface area (Å²) in [5, 5.41) is 5.84. The van der Waals surface area contributed by atoms with Gasteiger partial charge in [0.05, 0.1) is 5.41 Å². The quantitative estimate of drug-likeness (QED) is 0.483. The van der Waals surface area contributed by atoms with Gasteiger partial charge in [0.25, 0.3) is 5.91 Å². The second-order valence-corrected chi connectivity index (χ2v) is 10.3. The van der Waals surface area contributed by atoms with Crippen molar-refractivity contribution in [3.05, 3.63) is 77.4 Å². The summed E-state index contributed by atoms with van der Waals surface area (Å²) in [6.45, 7) is 6.69. The number of amides is 2. The van der Waals surface area contributed by atoms with Gasteiger partial charge < -0.3 is 20.1 Å². The van der Waals surface area contributed by atoms with E-state index < -0.39 is 5.41 Å². The fourth-order valence-corrected chi connectivity index (χ4v) is 4.70. The van der Waals surface area contributed by atoms with Gasteiger partial charge in [0.15, 0.2) is 11.5 Å². The highest BCUT2D eigenvalue weighted by Gasteiger charge is 2.51. The first-order valence-corrected chi connectivity index (χ1v) is 11.9. The van der Waals surface area contributed by atoms with E-state index in [1.807, 2.05) is 48.5 Å². The number of ether oxygens (including phenoxy) is 2. The zero-order chi connectivity index (χ0) is 24.8. The van der Waals surface area contributed by atoms with Crippen molar-refractivity contribution >= 4 is 17.5 Å². The molecular formula is C29H34N2O4. The van der Waals surface area contributed by atoms with Crippen LogP contribution in [-0.2, 0) is 15.6 Å². The van der Waals surface area contributed by atoms with Crippen LogP contribution in [0.25, 0.3) is 11.1 Å². The molecule has 0 saturated heterocycles. The predicted molar refractivity (Wildman–Crippen MR) is 140 cm³/mol. The molecule has 184 valence electrons. The summed E-state index contributed by atoms with van der Waals surface area (Å²) in [5.41, 5.74) is 4.67. The van der Waals surface area contributed by atoms with Crippen molar-refractivity contribution in [2.45, 2.75) is 44.4 Å². The Hall–Kier alpha value is -3.80. The average molecular weight is 475 g/mol. The zero-order valence-corrected chi connectivity index (χ0v) is 20.5. The highest BCUT2D eigenvalue weighted by atomic mass is 16.7. The molecule has 3 aromatic rings. The lowest BCUT2D eigenvalue weighted by atomic mass is 9.81. The van der Waals surface area contributed by atoms with Gasteiger partial charge in [0, 0.05) is 21.2 Å². The maximum absolute atomic E-state index is 13.5. The minimum atomic E-state index is -0.553. The van der Waals surface area contributed by atoms with Crippen LogP contribution in [0.1, 0.15) is 58.0 Å². The fraction of sp³-hybridized carbons (Fsp3) is 0.310. The van der Waals surface area contributed by atoms with Gasteiger partial charge in [-0.05, 0) is 76.9 Å². The molecule has 2 aliphatic rings. The second kappa shape index (κ2) is 8.45.